The van der Waals surface area contributed by atoms with Crippen LogP contribution in [0, 0.1) is 5.92 Å². The van der Waals surface area contributed by atoms with Crippen LogP contribution in [0.25, 0.3) is 0 Å². The number of amides is 2. The lowest BCUT2D eigenvalue weighted by Crippen LogP contribution is -2.28. The predicted octanol–water partition coefficient (Wildman–Crippen LogP) is 3.70. The number of rotatable bonds is 4. The Hall–Kier alpha value is -3.02. The second-order valence-electron chi connectivity index (χ2n) is 8.68. The molecular formula is C23H26N2O4. The Kier molecular flexibility index (Phi) is 4.94. The molecule has 152 valence electrons. The molecule has 1 fully saturated rings. The van der Waals surface area contributed by atoms with E-state index in [2.05, 4.69) is 26.1 Å². The van der Waals surface area contributed by atoms with E-state index in [4.69, 9.17) is 9.47 Å². The SMILES string of the molecule is CC(C)(C)c1ccc(NC(=O)C2CC(=O)N(Cc3ccc4c(c3)OCO4)C2)cc1. The van der Waals surface area contributed by atoms with Gasteiger partial charge < -0.3 is 19.7 Å². The minimum Gasteiger partial charge on any atom is -0.454 e. The van der Waals surface area contributed by atoms with Crippen molar-refractivity contribution in [2.75, 3.05) is 18.7 Å². The summed E-state index contributed by atoms with van der Waals surface area (Å²) in [5, 5.41) is 2.95. The third-order valence-electron chi connectivity index (χ3n) is 5.41. The van der Waals surface area contributed by atoms with Crippen LogP contribution in [-0.4, -0.2) is 30.1 Å². The molecule has 1 N–H and O–H groups in total. The molecule has 2 aliphatic heterocycles. The lowest BCUT2D eigenvalue weighted by Gasteiger charge is -2.19. The van der Waals surface area contributed by atoms with Gasteiger partial charge in [-0.05, 0) is 40.8 Å². The molecule has 0 saturated carbocycles. The number of carbonyl (C=O) groups is 2. The maximum absolute atomic E-state index is 12.7. The van der Waals surface area contributed by atoms with Crippen LogP contribution in [-0.2, 0) is 21.5 Å². The topological polar surface area (TPSA) is 67.9 Å². The third kappa shape index (κ3) is 4.21. The van der Waals surface area contributed by atoms with Crippen molar-refractivity contribution in [3.05, 3.63) is 53.6 Å². The van der Waals surface area contributed by atoms with Crippen LogP contribution in [0.4, 0.5) is 5.69 Å². The van der Waals surface area contributed by atoms with Gasteiger partial charge in [-0.3, -0.25) is 9.59 Å². The molecule has 29 heavy (non-hydrogen) atoms. The minimum atomic E-state index is -0.348. The first kappa shape index (κ1) is 19.3. The summed E-state index contributed by atoms with van der Waals surface area (Å²) < 4.78 is 10.7. The lowest BCUT2D eigenvalue weighted by atomic mass is 9.87. The molecule has 0 radical (unpaired) electrons. The van der Waals surface area contributed by atoms with Crippen molar-refractivity contribution in [1.82, 2.24) is 4.90 Å². The second-order valence-corrected chi connectivity index (χ2v) is 8.68. The van der Waals surface area contributed by atoms with Gasteiger partial charge in [0.15, 0.2) is 11.5 Å². The van der Waals surface area contributed by atoms with Crippen LogP contribution >= 0.6 is 0 Å². The maximum Gasteiger partial charge on any atom is 0.231 e. The summed E-state index contributed by atoms with van der Waals surface area (Å²) >= 11 is 0. The summed E-state index contributed by atoms with van der Waals surface area (Å²) in [6.07, 6.45) is 0.233. The van der Waals surface area contributed by atoms with Crippen LogP contribution < -0.4 is 14.8 Å². The van der Waals surface area contributed by atoms with Crippen LogP contribution in [0.15, 0.2) is 42.5 Å². The Bertz CT molecular complexity index is 931. The van der Waals surface area contributed by atoms with E-state index in [-0.39, 0.29) is 36.4 Å². The highest BCUT2D eigenvalue weighted by Gasteiger charge is 2.34. The van der Waals surface area contributed by atoms with Crippen molar-refractivity contribution in [1.29, 1.82) is 0 Å². The minimum absolute atomic E-state index is 0.00843. The fraction of sp³-hybridized carbons (Fsp3) is 0.391. The van der Waals surface area contributed by atoms with Crippen molar-refractivity contribution in [3.63, 3.8) is 0 Å². The number of nitrogens with zero attached hydrogens (tertiary/aromatic N) is 1. The number of fused-ring (bicyclic) bond motifs is 1. The normalized spacial score (nSPS) is 18.2. The molecule has 4 rings (SSSR count). The molecule has 0 bridgehead atoms. The molecular weight excluding hydrogens is 368 g/mol. The Morgan fingerprint density at radius 1 is 1.10 bits per heavy atom. The van der Waals surface area contributed by atoms with Gasteiger partial charge in [0.1, 0.15) is 0 Å². The largest absolute Gasteiger partial charge is 0.454 e. The highest BCUT2D eigenvalue weighted by Crippen LogP contribution is 2.33. The highest BCUT2D eigenvalue weighted by atomic mass is 16.7. The first-order valence-electron chi connectivity index (χ1n) is 9.87. The van der Waals surface area contributed by atoms with Crippen molar-refractivity contribution >= 4 is 17.5 Å². The van der Waals surface area contributed by atoms with Crippen molar-refractivity contribution in [2.45, 2.75) is 39.2 Å². The van der Waals surface area contributed by atoms with Crippen LogP contribution in [0.5, 0.6) is 11.5 Å². The Morgan fingerprint density at radius 2 is 1.83 bits per heavy atom. The molecule has 2 amide bonds. The highest BCUT2D eigenvalue weighted by molar-refractivity contribution is 5.97. The van der Waals surface area contributed by atoms with E-state index in [0.29, 0.717) is 18.8 Å². The molecule has 6 nitrogen and oxygen atoms in total. The second kappa shape index (κ2) is 7.43. The summed E-state index contributed by atoms with van der Waals surface area (Å²) in [6, 6.07) is 13.6. The van der Waals surface area contributed by atoms with Gasteiger partial charge in [-0.25, -0.2) is 0 Å². The molecule has 1 saturated heterocycles. The molecule has 2 aliphatic rings. The van der Waals surface area contributed by atoms with Gasteiger partial charge in [0, 0.05) is 25.2 Å². The van der Waals surface area contributed by atoms with Gasteiger partial charge in [-0.15, -0.1) is 0 Å². The molecule has 2 aromatic carbocycles. The summed E-state index contributed by atoms with van der Waals surface area (Å²) in [4.78, 5) is 26.8. The molecule has 1 atom stereocenters. The Labute approximate surface area is 170 Å². The molecule has 1 unspecified atom stereocenters. The Morgan fingerprint density at radius 3 is 2.55 bits per heavy atom. The van der Waals surface area contributed by atoms with Gasteiger partial charge in [0.2, 0.25) is 18.6 Å². The van der Waals surface area contributed by atoms with Gasteiger partial charge in [-0.2, -0.15) is 0 Å². The summed E-state index contributed by atoms with van der Waals surface area (Å²) in [5.74, 6) is 0.943. The van der Waals surface area contributed by atoms with Crippen molar-refractivity contribution < 1.29 is 19.1 Å². The maximum atomic E-state index is 12.7. The number of anilines is 1. The van der Waals surface area contributed by atoms with Crippen LogP contribution in [0.2, 0.25) is 0 Å². The van der Waals surface area contributed by atoms with Crippen molar-refractivity contribution in [2.24, 2.45) is 5.92 Å². The monoisotopic (exact) mass is 394 g/mol. The first-order chi connectivity index (χ1) is 13.8. The van der Waals surface area contributed by atoms with E-state index >= 15 is 0 Å². The number of ether oxygens (including phenoxy) is 2. The lowest BCUT2D eigenvalue weighted by molar-refractivity contribution is -0.128. The van der Waals surface area contributed by atoms with E-state index < -0.39 is 0 Å². The van der Waals surface area contributed by atoms with Crippen LogP contribution in [0.1, 0.15) is 38.3 Å². The van der Waals surface area contributed by atoms with E-state index in [1.165, 1.54) is 5.56 Å². The van der Waals surface area contributed by atoms with E-state index in [1.807, 2.05) is 42.5 Å². The zero-order chi connectivity index (χ0) is 20.6. The van der Waals surface area contributed by atoms with Crippen LogP contribution in [0.3, 0.4) is 0 Å². The van der Waals surface area contributed by atoms with E-state index in [9.17, 15) is 9.59 Å². The first-order valence-corrected chi connectivity index (χ1v) is 9.87. The predicted molar refractivity (Wildman–Crippen MR) is 110 cm³/mol. The number of hydrogen-bond acceptors (Lipinski definition) is 4. The molecule has 6 heteroatoms. The zero-order valence-electron chi connectivity index (χ0n) is 17.0. The number of likely N-dealkylation sites (tertiary alicyclic amines) is 1. The zero-order valence-corrected chi connectivity index (χ0v) is 17.0. The number of hydrogen-bond donors (Lipinski definition) is 1. The quantitative estimate of drug-likeness (QED) is 0.859. The molecule has 0 spiro atoms. The van der Waals surface area contributed by atoms with Gasteiger partial charge in [-0.1, -0.05) is 39.0 Å². The molecule has 0 aromatic heterocycles. The number of carbonyl (C=O) groups excluding carboxylic acids is 2. The standard InChI is InChI=1S/C23H26N2O4/c1-23(2,3)17-5-7-18(8-6-17)24-22(27)16-11-21(26)25(13-16)12-15-4-9-19-20(10-15)29-14-28-19/h4-10,16H,11-14H2,1-3H3,(H,24,27). The molecule has 0 aliphatic carbocycles. The number of nitrogens with one attached hydrogen (secondary N) is 1. The third-order valence-corrected chi connectivity index (χ3v) is 5.41. The van der Waals surface area contributed by atoms with Gasteiger partial charge in [0.05, 0.1) is 5.92 Å². The molecule has 2 heterocycles. The van der Waals surface area contributed by atoms with E-state index in [1.54, 1.807) is 4.90 Å². The van der Waals surface area contributed by atoms with Crippen molar-refractivity contribution in [3.8, 4) is 11.5 Å². The Balaban J connectivity index is 1.36. The smallest absolute Gasteiger partial charge is 0.231 e. The van der Waals surface area contributed by atoms with E-state index in [0.717, 1.165) is 17.0 Å². The number of benzene rings is 2. The molecule has 2 aromatic rings. The summed E-state index contributed by atoms with van der Waals surface area (Å²) in [6.45, 7) is 7.55. The fourth-order valence-electron chi connectivity index (χ4n) is 3.66. The average Bonchev–Trinajstić information content (AvgIpc) is 3.28. The average molecular weight is 394 g/mol. The summed E-state index contributed by atoms with van der Waals surface area (Å²) in [7, 11) is 0. The fourth-order valence-corrected chi connectivity index (χ4v) is 3.66. The summed E-state index contributed by atoms with van der Waals surface area (Å²) in [5.41, 5.74) is 2.99. The van der Waals surface area contributed by atoms with Gasteiger partial charge >= 0.3 is 0 Å². The van der Waals surface area contributed by atoms with Gasteiger partial charge in [0.25, 0.3) is 0 Å².